The fourth-order valence-corrected chi connectivity index (χ4v) is 2.23. The SMILES string of the molecule is COc1cc([C@@H](N)[C@@H](O)C(C)C)c(OC)cc1Br. The van der Waals surface area contributed by atoms with Gasteiger partial charge in [0, 0.05) is 5.56 Å². The summed E-state index contributed by atoms with van der Waals surface area (Å²) in [6.07, 6.45) is -0.634. The number of methoxy groups -OCH3 is 2. The molecule has 4 nitrogen and oxygen atoms in total. The van der Waals surface area contributed by atoms with E-state index in [1.165, 1.54) is 0 Å². The molecule has 0 unspecified atom stereocenters. The van der Waals surface area contributed by atoms with Crippen LogP contribution in [0.15, 0.2) is 16.6 Å². The van der Waals surface area contributed by atoms with E-state index in [0.717, 1.165) is 10.0 Å². The summed E-state index contributed by atoms with van der Waals surface area (Å²) in [5.74, 6) is 1.37. The van der Waals surface area contributed by atoms with Crippen LogP contribution in [0.4, 0.5) is 0 Å². The molecule has 0 aromatic heterocycles. The minimum absolute atomic E-state index is 0.0688. The van der Waals surface area contributed by atoms with Crippen LogP contribution in [0.25, 0.3) is 0 Å². The highest BCUT2D eigenvalue weighted by Gasteiger charge is 2.24. The van der Waals surface area contributed by atoms with Crippen molar-refractivity contribution in [3.63, 3.8) is 0 Å². The van der Waals surface area contributed by atoms with Crippen LogP contribution in [-0.4, -0.2) is 25.4 Å². The number of halogens is 1. The summed E-state index contributed by atoms with van der Waals surface area (Å²) < 4.78 is 11.3. The summed E-state index contributed by atoms with van der Waals surface area (Å²) in [4.78, 5) is 0. The third-order valence-corrected chi connectivity index (χ3v) is 3.53. The second-order valence-electron chi connectivity index (χ2n) is 4.49. The number of hydrogen-bond donors (Lipinski definition) is 2. The topological polar surface area (TPSA) is 64.7 Å². The zero-order valence-electron chi connectivity index (χ0n) is 11.1. The van der Waals surface area contributed by atoms with Gasteiger partial charge in [-0.2, -0.15) is 0 Å². The van der Waals surface area contributed by atoms with Crippen molar-refractivity contribution in [1.29, 1.82) is 0 Å². The van der Waals surface area contributed by atoms with Crippen LogP contribution in [0, 0.1) is 5.92 Å². The van der Waals surface area contributed by atoms with Crippen LogP contribution >= 0.6 is 15.9 Å². The number of benzene rings is 1. The monoisotopic (exact) mass is 317 g/mol. The average molecular weight is 318 g/mol. The highest BCUT2D eigenvalue weighted by atomic mass is 79.9. The molecule has 0 bridgehead atoms. The van der Waals surface area contributed by atoms with Crippen molar-refractivity contribution in [2.75, 3.05) is 14.2 Å². The van der Waals surface area contributed by atoms with E-state index in [4.69, 9.17) is 15.2 Å². The first-order chi connectivity index (χ1) is 8.42. The Morgan fingerprint density at radius 3 is 2.17 bits per heavy atom. The molecule has 0 aliphatic carbocycles. The highest BCUT2D eigenvalue weighted by Crippen LogP contribution is 2.36. The van der Waals surface area contributed by atoms with Gasteiger partial charge in [0.2, 0.25) is 0 Å². The third-order valence-electron chi connectivity index (χ3n) is 2.91. The van der Waals surface area contributed by atoms with E-state index < -0.39 is 12.1 Å². The first-order valence-electron chi connectivity index (χ1n) is 5.77. The Hall–Kier alpha value is -0.780. The molecule has 0 fully saturated rings. The molecule has 102 valence electrons. The molecule has 0 saturated carbocycles. The molecule has 0 saturated heterocycles. The molecule has 1 aromatic carbocycles. The summed E-state index contributed by atoms with van der Waals surface area (Å²) >= 11 is 3.39. The maximum absolute atomic E-state index is 10.1. The number of aliphatic hydroxyl groups is 1. The highest BCUT2D eigenvalue weighted by molar-refractivity contribution is 9.10. The number of aliphatic hydroxyl groups excluding tert-OH is 1. The second kappa shape index (κ2) is 6.41. The van der Waals surface area contributed by atoms with Gasteiger partial charge in [0.1, 0.15) is 11.5 Å². The van der Waals surface area contributed by atoms with Crippen LogP contribution in [0.1, 0.15) is 25.5 Å². The molecule has 0 spiro atoms. The van der Waals surface area contributed by atoms with Crippen molar-refractivity contribution in [2.24, 2.45) is 11.7 Å². The molecule has 5 heteroatoms. The lowest BCUT2D eigenvalue weighted by Crippen LogP contribution is -2.30. The van der Waals surface area contributed by atoms with E-state index in [9.17, 15) is 5.11 Å². The molecule has 0 aliphatic heterocycles. The summed E-state index contributed by atoms with van der Waals surface area (Å²) in [6.45, 7) is 3.85. The van der Waals surface area contributed by atoms with E-state index in [1.54, 1.807) is 26.4 Å². The molecule has 2 atom stereocenters. The van der Waals surface area contributed by atoms with Crippen LogP contribution in [-0.2, 0) is 0 Å². The normalized spacial score (nSPS) is 14.4. The van der Waals surface area contributed by atoms with Gasteiger partial charge in [0.15, 0.2) is 0 Å². The number of nitrogens with two attached hydrogens (primary N) is 1. The Labute approximate surface area is 116 Å². The van der Waals surface area contributed by atoms with Crippen molar-refractivity contribution < 1.29 is 14.6 Å². The van der Waals surface area contributed by atoms with E-state index >= 15 is 0 Å². The van der Waals surface area contributed by atoms with Gasteiger partial charge in [-0.05, 0) is 34.0 Å². The van der Waals surface area contributed by atoms with Gasteiger partial charge in [0.05, 0.1) is 30.8 Å². The van der Waals surface area contributed by atoms with E-state index in [2.05, 4.69) is 15.9 Å². The Morgan fingerprint density at radius 2 is 1.72 bits per heavy atom. The second-order valence-corrected chi connectivity index (χ2v) is 5.34. The predicted octanol–water partition coefficient (Wildman–Crippen LogP) is 2.48. The first-order valence-corrected chi connectivity index (χ1v) is 6.56. The molecular formula is C13H20BrNO3. The maximum Gasteiger partial charge on any atom is 0.133 e. The van der Waals surface area contributed by atoms with E-state index in [-0.39, 0.29) is 5.92 Å². The van der Waals surface area contributed by atoms with Crippen molar-refractivity contribution >= 4 is 15.9 Å². The largest absolute Gasteiger partial charge is 0.496 e. The smallest absolute Gasteiger partial charge is 0.133 e. The van der Waals surface area contributed by atoms with Crippen molar-refractivity contribution in [2.45, 2.75) is 26.0 Å². The summed E-state index contributed by atoms with van der Waals surface area (Å²) in [5, 5.41) is 10.1. The molecule has 0 amide bonds. The zero-order chi connectivity index (χ0) is 13.9. The predicted molar refractivity (Wildman–Crippen MR) is 75.0 cm³/mol. The van der Waals surface area contributed by atoms with Gasteiger partial charge in [-0.15, -0.1) is 0 Å². The van der Waals surface area contributed by atoms with Crippen molar-refractivity contribution in [1.82, 2.24) is 0 Å². The lowest BCUT2D eigenvalue weighted by atomic mass is 9.93. The van der Waals surface area contributed by atoms with Gasteiger partial charge in [-0.1, -0.05) is 13.8 Å². The summed E-state index contributed by atoms with van der Waals surface area (Å²) in [5.41, 5.74) is 6.82. The lowest BCUT2D eigenvalue weighted by molar-refractivity contribution is 0.0968. The van der Waals surface area contributed by atoms with E-state index in [1.807, 2.05) is 13.8 Å². The lowest BCUT2D eigenvalue weighted by Gasteiger charge is -2.24. The third kappa shape index (κ3) is 3.16. The van der Waals surface area contributed by atoms with Gasteiger partial charge >= 0.3 is 0 Å². The molecule has 0 heterocycles. The van der Waals surface area contributed by atoms with Crippen molar-refractivity contribution in [3.8, 4) is 11.5 Å². The number of rotatable bonds is 5. The Bertz CT molecular complexity index is 409. The van der Waals surface area contributed by atoms with Crippen LogP contribution in [0.3, 0.4) is 0 Å². The van der Waals surface area contributed by atoms with Crippen LogP contribution in [0.5, 0.6) is 11.5 Å². The molecular weight excluding hydrogens is 298 g/mol. The Morgan fingerprint density at radius 1 is 1.17 bits per heavy atom. The first kappa shape index (κ1) is 15.3. The molecule has 1 rings (SSSR count). The van der Waals surface area contributed by atoms with Gasteiger partial charge < -0.3 is 20.3 Å². The minimum Gasteiger partial charge on any atom is -0.496 e. The summed E-state index contributed by atoms with van der Waals surface area (Å²) in [7, 11) is 3.16. The fraction of sp³-hybridized carbons (Fsp3) is 0.538. The maximum atomic E-state index is 10.1. The standard InChI is InChI=1S/C13H20BrNO3/c1-7(2)13(16)12(15)8-5-11(18-4)9(14)6-10(8)17-3/h5-7,12-13,16H,15H2,1-4H3/t12-,13+/m1/s1. The Balaban J connectivity index is 3.21. The van der Waals surface area contributed by atoms with Gasteiger partial charge in [-0.3, -0.25) is 0 Å². The number of ether oxygens (including phenoxy) is 2. The molecule has 0 radical (unpaired) electrons. The minimum atomic E-state index is -0.634. The molecule has 3 N–H and O–H groups in total. The molecule has 1 aromatic rings. The average Bonchev–Trinajstić information content (AvgIpc) is 2.36. The number of hydrogen-bond acceptors (Lipinski definition) is 4. The fourth-order valence-electron chi connectivity index (χ4n) is 1.74. The van der Waals surface area contributed by atoms with Crippen LogP contribution in [0.2, 0.25) is 0 Å². The summed E-state index contributed by atoms with van der Waals surface area (Å²) in [6, 6.07) is 3.07. The van der Waals surface area contributed by atoms with Crippen molar-refractivity contribution in [3.05, 3.63) is 22.2 Å². The van der Waals surface area contributed by atoms with Gasteiger partial charge in [-0.25, -0.2) is 0 Å². The molecule has 0 aliphatic rings. The quantitative estimate of drug-likeness (QED) is 0.875. The van der Waals surface area contributed by atoms with Crippen LogP contribution < -0.4 is 15.2 Å². The Kier molecular flexibility index (Phi) is 5.44. The van der Waals surface area contributed by atoms with Gasteiger partial charge in [0.25, 0.3) is 0 Å². The zero-order valence-corrected chi connectivity index (χ0v) is 12.7. The van der Waals surface area contributed by atoms with E-state index in [0.29, 0.717) is 11.5 Å². The molecule has 18 heavy (non-hydrogen) atoms.